The van der Waals surface area contributed by atoms with Crippen LogP contribution in [0.1, 0.15) is 18.9 Å². The Labute approximate surface area is 89.2 Å². The van der Waals surface area contributed by atoms with Crippen molar-refractivity contribution in [1.29, 1.82) is 0 Å². The molecular formula is C12H14FNO. The van der Waals surface area contributed by atoms with E-state index in [4.69, 9.17) is 10.5 Å². The number of benzene rings is 1. The third kappa shape index (κ3) is 2.97. The van der Waals surface area contributed by atoms with Gasteiger partial charge in [-0.15, -0.1) is 0 Å². The predicted octanol–water partition coefficient (Wildman–Crippen LogP) is 1.92. The summed E-state index contributed by atoms with van der Waals surface area (Å²) in [5.41, 5.74) is 5.93. The lowest BCUT2D eigenvalue weighted by molar-refractivity contribution is 0.386. The number of hydrogen-bond donors (Lipinski definition) is 1. The lowest BCUT2D eigenvalue weighted by Crippen LogP contribution is -2.15. The Morgan fingerprint density at radius 3 is 2.87 bits per heavy atom. The van der Waals surface area contributed by atoms with Gasteiger partial charge in [0.2, 0.25) is 0 Å². The first kappa shape index (κ1) is 11.5. The van der Waals surface area contributed by atoms with E-state index in [2.05, 4.69) is 11.8 Å². The molecule has 0 aromatic heterocycles. The average Bonchev–Trinajstić information content (AvgIpc) is 2.27. The van der Waals surface area contributed by atoms with E-state index in [1.165, 1.54) is 7.11 Å². The van der Waals surface area contributed by atoms with Gasteiger partial charge in [-0.25, -0.2) is 4.39 Å². The van der Waals surface area contributed by atoms with Crippen LogP contribution in [0, 0.1) is 17.7 Å². The molecule has 1 aromatic carbocycles. The number of methoxy groups -OCH3 is 1. The number of ether oxygens (including phenoxy) is 1. The fraction of sp³-hybridized carbons (Fsp3) is 0.333. The molecule has 2 nitrogen and oxygen atoms in total. The van der Waals surface area contributed by atoms with E-state index in [-0.39, 0.29) is 11.8 Å². The van der Waals surface area contributed by atoms with Crippen molar-refractivity contribution in [2.24, 2.45) is 5.73 Å². The summed E-state index contributed by atoms with van der Waals surface area (Å²) in [6, 6.07) is 4.65. The van der Waals surface area contributed by atoms with E-state index < -0.39 is 5.82 Å². The third-order valence-electron chi connectivity index (χ3n) is 2.02. The van der Waals surface area contributed by atoms with Crippen LogP contribution in [-0.2, 0) is 0 Å². The van der Waals surface area contributed by atoms with Crippen molar-refractivity contribution in [2.45, 2.75) is 19.4 Å². The first-order chi connectivity index (χ1) is 7.19. The molecule has 0 spiro atoms. The van der Waals surface area contributed by atoms with E-state index in [1.807, 2.05) is 6.92 Å². The smallest absolute Gasteiger partial charge is 0.180 e. The zero-order valence-electron chi connectivity index (χ0n) is 8.88. The van der Waals surface area contributed by atoms with E-state index in [0.717, 1.165) is 6.42 Å². The highest BCUT2D eigenvalue weighted by atomic mass is 19.1. The third-order valence-corrected chi connectivity index (χ3v) is 2.02. The summed E-state index contributed by atoms with van der Waals surface area (Å²) in [4.78, 5) is 0. The van der Waals surface area contributed by atoms with Crippen LogP contribution in [0.5, 0.6) is 5.75 Å². The van der Waals surface area contributed by atoms with Crippen LogP contribution in [0.15, 0.2) is 18.2 Å². The zero-order valence-corrected chi connectivity index (χ0v) is 8.88. The summed E-state index contributed by atoms with van der Waals surface area (Å²) in [7, 11) is 1.42. The highest BCUT2D eigenvalue weighted by Gasteiger charge is 2.05. The molecule has 0 saturated heterocycles. The number of rotatable bonds is 2. The standard InChI is InChI=1S/C12H14FNO/c1-3-10(14)8-7-9-5-4-6-11(15-2)12(9)13/h4-6,10H,3,14H2,1-2H3. The molecule has 0 radical (unpaired) electrons. The molecule has 3 heteroatoms. The predicted molar refractivity (Wildman–Crippen MR) is 58.1 cm³/mol. The molecule has 2 N–H and O–H groups in total. The SMILES string of the molecule is CCC(N)C#Cc1cccc(OC)c1F. The van der Waals surface area contributed by atoms with E-state index in [9.17, 15) is 4.39 Å². The van der Waals surface area contributed by atoms with Gasteiger partial charge < -0.3 is 10.5 Å². The molecule has 0 aliphatic heterocycles. The molecule has 0 amide bonds. The van der Waals surface area contributed by atoms with Crippen molar-refractivity contribution < 1.29 is 9.13 Å². The van der Waals surface area contributed by atoms with E-state index in [0.29, 0.717) is 5.56 Å². The molecule has 0 bridgehead atoms. The first-order valence-electron chi connectivity index (χ1n) is 4.78. The van der Waals surface area contributed by atoms with Gasteiger partial charge >= 0.3 is 0 Å². The molecule has 1 unspecified atom stereocenters. The van der Waals surface area contributed by atoms with Crippen molar-refractivity contribution in [3.8, 4) is 17.6 Å². The van der Waals surface area contributed by atoms with Crippen LogP contribution in [-0.4, -0.2) is 13.2 Å². The minimum absolute atomic E-state index is 0.201. The van der Waals surface area contributed by atoms with E-state index >= 15 is 0 Å². The number of halogens is 1. The van der Waals surface area contributed by atoms with Crippen LogP contribution in [0.25, 0.3) is 0 Å². The fourth-order valence-corrected chi connectivity index (χ4v) is 1.04. The summed E-state index contributed by atoms with van der Waals surface area (Å²) in [5.74, 6) is 5.25. The minimum Gasteiger partial charge on any atom is -0.494 e. The Bertz CT molecular complexity index is 392. The first-order valence-corrected chi connectivity index (χ1v) is 4.78. The van der Waals surface area contributed by atoms with Gasteiger partial charge in [-0.1, -0.05) is 24.8 Å². The van der Waals surface area contributed by atoms with Crippen LogP contribution in [0.2, 0.25) is 0 Å². The zero-order chi connectivity index (χ0) is 11.3. The Hall–Kier alpha value is -1.53. The lowest BCUT2D eigenvalue weighted by atomic mass is 10.1. The van der Waals surface area contributed by atoms with Crippen molar-refractivity contribution in [3.63, 3.8) is 0 Å². The van der Waals surface area contributed by atoms with Crippen LogP contribution >= 0.6 is 0 Å². The Balaban J connectivity index is 2.98. The van der Waals surface area contributed by atoms with Gasteiger partial charge in [0, 0.05) is 0 Å². The maximum Gasteiger partial charge on any atom is 0.180 e. The second-order valence-electron chi connectivity index (χ2n) is 3.11. The second-order valence-corrected chi connectivity index (χ2v) is 3.11. The summed E-state index contributed by atoms with van der Waals surface area (Å²) in [5, 5.41) is 0. The second kappa shape index (κ2) is 5.38. The molecule has 80 valence electrons. The van der Waals surface area contributed by atoms with Gasteiger partial charge in [0.1, 0.15) is 0 Å². The van der Waals surface area contributed by atoms with Gasteiger partial charge in [-0.2, -0.15) is 0 Å². The van der Waals surface area contributed by atoms with Crippen molar-refractivity contribution in [3.05, 3.63) is 29.6 Å². The molecular weight excluding hydrogens is 193 g/mol. The molecule has 0 fully saturated rings. The van der Waals surface area contributed by atoms with Crippen molar-refractivity contribution in [1.82, 2.24) is 0 Å². The molecule has 0 aliphatic rings. The summed E-state index contributed by atoms with van der Waals surface area (Å²) < 4.78 is 18.4. The number of hydrogen-bond acceptors (Lipinski definition) is 2. The maximum absolute atomic E-state index is 13.6. The van der Waals surface area contributed by atoms with Crippen LogP contribution in [0.3, 0.4) is 0 Å². The summed E-state index contributed by atoms with van der Waals surface area (Å²) in [6.45, 7) is 1.93. The van der Waals surface area contributed by atoms with Crippen LogP contribution < -0.4 is 10.5 Å². The topological polar surface area (TPSA) is 35.2 Å². The van der Waals surface area contributed by atoms with E-state index in [1.54, 1.807) is 18.2 Å². The Morgan fingerprint density at radius 1 is 1.53 bits per heavy atom. The Morgan fingerprint density at radius 2 is 2.27 bits per heavy atom. The monoisotopic (exact) mass is 207 g/mol. The largest absolute Gasteiger partial charge is 0.494 e. The van der Waals surface area contributed by atoms with Crippen molar-refractivity contribution >= 4 is 0 Å². The quantitative estimate of drug-likeness (QED) is 0.752. The molecule has 1 rings (SSSR count). The lowest BCUT2D eigenvalue weighted by Gasteiger charge is -2.02. The number of nitrogens with two attached hydrogens (primary N) is 1. The Kier molecular flexibility index (Phi) is 4.14. The van der Waals surface area contributed by atoms with Gasteiger partial charge in [0.05, 0.1) is 18.7 Å². The summed E-state index contributed by atoms with van der Waals surface area (Å²) in [6.07, 6.45) is 0.749. The molecule has 1 aromatic rings. The molecule has 0 heterocycles. The molecule has 0 aliphatic carbocycles. The van der Waals surface area contributed by atoms with Crippen LogP contribution in [0.4, 0.5) is 4.39 Å². The van der Waals surface area contributed by atoms with Gasteiger partial charge in [-0.05, 0) is 18.6 Å². The summed E-state index contributed by atoms with van der Waals surface area (Å²) >= 11 is 0. The molecule has 0 saturated carbocycles. The highest BCUT2D eigenvalue weighted by molar-refractivity contribution is 5.42. The molecule has 1 atom stereocenters. The average molecular weight is 207 g/mol. The van der Waals surface area contributed by atoms with Gasteiger partial charge in [0.25, 0.3) is 0 Å². The molecule has 15 heavy (non-hydrogen) atoms. The van der Waals surface area contributed by atoms with Gasteiger partial charge in [-0.3, -0.25) is 0 Å². The maximum atomic E-state index is 13.6. The fourth-order valence-electron chi connectivity index (χ4n) is 1.04. The van der Waals surface area contributed by atoms with Crippen molar-refractivity contribution in [2.75, 3.05) is 7.11 Å². The minimum atomic E-state index is -0.434. The normalized spacial score (nSPS) is 11.5. The van der Waals surface area contributed by atoms with Gasteiger partial charge in [0.15, 0.2) is 11.6 Å². The highest BCUT2D eigenvalue weighted by Crippen LogP contribution is 2.18.